The molecular weight excluding hydrogens is 1000 g/mol. The number of nitrogens with two attached hydrogens (primary N) is 6. The maximum Gasteiger partial charge on any atom is 0.243 e. The summed E-state index contributed by atoms with van der Waals surface area (Å²) in [5.41, 5.74) is 34.2. The van der Waals surface area contributed by atoms with E-state index in [1.54, 1.807) is 0 Å². The zero-order chi connectivity index (χ0) is 57.8. The predicted octanol–water partition coefficient (Wildman–Crippen LogP) is 0.109. The Labute approximate surface area is 464 Å². The molecule has 0 radical (unpaired) electrons. The second kappa shape index (κ2) is 45.4. The zero-order valence-corrected chi connectivity index (χ0v) is 47.1. The monoisotopic (exact) mass is 1110 g/mol. The van der Waals surface area contributed by atoms with Crippen LogP contribution in [0.2, 0.25) is 0 Å². The van der Waals surface area contributed by atoms with E-state index < -0.39 is 96.2 Å². The third kappa shape index (κ3) is 34.5. The first-order valence-electron chi connectivity index (χ1n) is 29.1. The quantitative estimate of drug-likeness (QED) is 0.0169. The van der Waals surface area contributed by atoms with Crippen molar-refractivity contribution in [3.05, 3.63) is 12.2 Å². The molecule has 0 aromatic heterocycles. The lowest BCUT2D eigenvalue weighted by molar-refractivity contribution is -0.135. The minimum absolute atomic E-state index is 0.0186. The molecule has 24 heteroatoms. The minimum Gasteiger partial charge on any atom is -0.393 e. The first kappa shape index (κ1) is 70.6. The number of hydrogen-bond donors (Lipinski definition) is 15. The van der Waals surface area contributed by atoms with Crippen molar-refractivity contribution in [1.82, 2.24) is 42.5 Å². The van der Waals surface area contributed by atoms with E-state index in [9.17, 15) is 43.5 Å². The highest BCUT2D eigenvalue weighted by atomic mass is 16.3. The molecule has 0 aromatic rings. The summed E-state index contributed by atoms with van der Waals surface area (Å²) in [6.45, 7) is 3.31. The number of aliphatic imine (C=N–C) groups is 1. The zero-order valence-electron chi connectivity index (χ0n) is 47.1. The van der Waals surface area contributed by atoms with Gasteiger partial charge in [-0.3, -0.25) is 43.3 Å². The van der Waals surface area contributed by atoms with Crippen LogP contribution >= 0.6 is 0 Å². The number of rotatable bonds is 38. The summed E-state index contributed by atoms with van der Waals surface area (Å²) < 4.78 is 0. The van der Waals surface area contributed by atoms with Gasteiger partial charge in [0.1, 0.15) is 36.3 Å². The summed E-state index contributed by atoms with van der Waals surface area (Å²) in [5.74, 6) is -5.25. The van der Waals surface area contributed by atoms with Crippen molar-refractivity contribution in [2.24, 2.45) is 39.4 Å². The molecule has 0 saturated carbocycles. The number of amides is 8. The molecule has 0 aliphatic carbocycles. The molecular formula is C54H103N15O9. The number of hydrogen-bond acceptors (Lipinski definition) is 14. The van der Waals surface area contributed by atoms with Crippen molar-refractivity contribution in [2.45, 2.75) is 229 Å². The number of guanidine groups is 1. The third-order valence-electron chi connectivity index (χ3n) is 13.4. The maximum atomic E-state index is 14.4. The largest absolute Gasteiger partial charge is 0.393 e. The molecule has 1 heterocycles. The van der Waals surface area contributed by atoms with E-state index in [2.05, 4.69) is 66.6 Å². The third-order valence-corrected chi connectivity index (χ3v) is 13.4. The Hall–Kier alpha value is -5.43. The summed E-state index contributed by atoms with van der Waals surface area (Å²) in [5, 5.41) is 32.6. The van der Waals surface area contributed by atoms with Crippen LogP contribution in [0.3, 0.4) is 0 Å². The van der Waals surface area contributed by atoms with E-state index in [1.165, 1.54) is 25.7 Å². The molecule has 8 amide bonds. The molecule has 1 saturated heterocycles. The highest BCUT2D eigenvalue weighted by molar-refractivity contribution is 5.97. The molecule has 24 nitrogen and oxygen atoms in total. The van der Waals surface area contributed by atoms with E-state index >= 15 is 0 Å². The van der Waals surface area contributed by atoms with E-state index in [-0.39, 0.29) is 76.8 Å². The van der Waals surface area contributed by atoms with Gasteiger partial charge in [-0.05, 0) is 167 Å². The number of allylic oxidation sites excluding steroid dienone is 2. The van der Waals surface area contributed by atoms with Crippen LogP contribution in [0, 0.1) is 0 Å². The number of nitrogens with zero attached hydrogens (tertiary/aromatic N) is 1. The fourth-order valence-electron chi connectivity index (χ4n) is 8.81. The second-order valence-electron chi connectivity index (χ2n) is 20.4. The van der Waals surface area contributed by atoms with Crippen molar-refractivity contribution >= 4 is 53.2 Å². The van der Waals surface area contributed by atoms with Crippen LogP contribution in [-0.2, 0) is 38.4 Å². The summed E-state index contributed by atoms with van der Waals surface area (Å²) in [4.78, 5) is 115. The Morgan fingerprint density at radius 3 is 1.58 bits per heavy atom. The lowest BCUT2D eigenvalue weighted by Crippen LogP contribution is -2.59. The van der Waals surface area contributed by atoms with Crippen LogP contribution < -0.4 is 76.9 Å². The van der Waals surface area contributed by atoms with Gasteiger partial charge in [0.25, 0.3) is 0 Å². The van der Waals surface area contributed by atoms with Crippen LogP contribution in [0.15, 0.2) is 17.1 Å². The minimum atomic E-state index is -1.27. The van der Waals surface area contributed by atoms with Crippen LogP contribution in [0.1, 0.15) is 187 Å². The average Bonchev–Trinajstić information content (AvgIpc) is 3.41. The smallest absolute Gasteiger partial charge is 0.243 e. The van der Waals surface area contributed by atoms with Crippen molar-refractivity contribution in [2.75, 3.05) is 45.8 Å². The number of aliphatic hydroxyl groups excluding tert-OH is 1. The second-order valence-corrected chi connectivity index (χ2v) is 20.4. The van der Waals surface area contributed by atoms with Gasteiger partial charge in [0.05, 0.1) is 19.1 Å². The fraction of sp³-hybridized carbons (Fsp3) is 0.796. The van der Waals surface area contributed by atoms with Crippen molar-refractivity contribution < 1.29 is 43.5 Å². The molecule has 448 valence electrons. The summed E-state index contributed by atoms with van der Waals surface area (Å²) in [6.07, 6.45) is 19.1. The average molecular weight is 1110 g/mol. The Morgan fingerprint density at radius 1 is 0.603 bits per heavy atom. The molecule has 78 heavy (non-hydrogen) atoms. The Balaban J connectivity index is 3.41. The van der Waals surface area contributed by atoms with Gasteiger partial charge < -0.3 is 82.0 Å². The molecule has 1 rings (SSSR count). The number of carbonyl (C=O) groups excluding carboxylic acids is 8. The normalized spacial score (nSPS) is 19.9. The Kier molecular flexibility index (Phi) is 41.1. The first-order chi connectivity index (χ1) is 37.6. The predicted molar refractivity (Wildman–Crippen MR) is 305 cm³/mol. The van der Waals surface area contributed by atoms with Gasteiger partial charge in [0.2, 0.25) is 47.3 Å². The van der Waals surface area contributed by atoms with Crippen molar-refractivity contribution in [3.63, 3.8) is 0 Å². The van der Waals surface area contributed by atoms with Crippen molar-refractivity contribution in [3.8, 4) is 0 Å². The maximum absolute atomic E-state index is 14.4. The highest BCUT2D eigenvalue weighted by Gasteiger charge is 2.33. The van der Waals surface area contributed by atoms with Gasteiger partial charge in [-0.1, -0.05) is 51.2 Å². The molecule has 1 aliphatic rings. The van der Waals surface area contributed by atoms with Gasteiger partial charge in [0.15, 0.2) is 5.96 Å². The van der Waals surface area contributed by atoms with Crippen LogP contribution in [0.4, 0.5) is 0 Å². The first-order valence-corrected chi connectivity index (χ1v) is 29.1. The fourth-order valence-corrected chi connectivity index (χ4v) is 8.81. The van der Waals surface area contributed by atoms with Crippen LogP contribution in [-0.4, -0.2) is 146 Å². The van der Waals surface area contributed by atoms with Gasteiger partial charge >= 0.3 is 0 Å². The molecule has 21 N–H and O–H groups in total. The van der Waals surface area contributed by atoms with E-state index in [0.717, 1.165) is 32.1 Å². The van der Waals surface area contributed by atoms with Gasteiger partial charge in [0, 0.05) is 13.1 Å². The van der Waals surface area contributed by atoms with E-state index in [4.69, 9.17) is 34.4 Å². The molecule has 7 atom stereocenters. The molecule has 7 unspecified atom stereocenters. The van der Waals surface area contributed by atoms with Gasteiger partial charge in [-0.25, -0.2) is 0 Å². The number of aliphatic hydroxyl groups is 1. The molecule has 1 fully saturated rings. The molecule has 1 aliphatic heterocycles. The van der Waals surface area contributed by atoms with Gasteiger partial charge in [-0.15, -0.1) is 0 Å². The summed E-state index contributed by atoms with van der Waals surface area (Å²) in [6, 6.07) is -6.89. The van der Waals surface area contributed by atoms with Crippen LogP contribution in [0.5, 0.6) is 0 Å². The summed E-state index contributed by atoms with van der Waals surface area (Å²) in [7, 11) is 0. The molecule has 0 aromatic carbocycles. The van der Waals surface area contributed by atoms with E-state index in [1.807, 2.05) is 0 Å². The lowest BCUT2D eigenvalue weighted by atomic mass is 10.0. The standard InChI is InChI=1S/C54H103N15O9/c1-2-3-4-5-6-7-8-9-10-11-12-24-39(70)37-46(71)63-38-47(72)64-41(30-23-36-62-54(59)60)49(74)66-45-29-17-22-35-61-48(73)40(25-13-18-31-55)65-50(75)42(26-14-19-32-56)67-51(76)43(27-15-20-33-57)68-52(77)44(69-53(45)78)28-16-21-34-58/h7-8,39-45,70H,2-6,9-38,55-58H2,1H3,(H,61,73)(H,63,71)(H,64,72)(H,65,75)(H,66,74)(H,67,76)(H,68,77)(H,69,78)(H4,59,60,62). The number of unbranched alkanes of at least 4 members (excludes halogenated alkanes) is 11. The van der Waals surface area contributed by atoms with Crippen LogP contribution in [0.25, 0.3) is 0 Å². The Morgan fingerprint density at radius 2 is 1.09 bits per heavy atom. The SMILES string of the molecule is CCCCCCC=CCCCCCC(O)CC(=O)NCC(=O)NC(CCCN=C(N)N)C(=O)NC1CCCCNC(=O)C(CCCCN)NC(=O)C(CCCCN)NC(=O)C(CCCCN)NC(=O)C(CCCCN)NC1=O. The lowest BCUT2D eigenvalue weighted by Gasteiger charge is -2.28. The number of carbonyl (C=O) groups is 8. The summed E-state index contributed by atoms with van der Waals surface area (Å²) >= 11 is 0. The Bertz CT molecular complexity index is 1790. The number of nitrogens with one attached hydrogen (secondary N) is 8. The van der Waals surface area contributed by atoms with Gasteiger partial charge in [-0.2, -0.15) is 0 Å². The topological polar surface area (TPSA) is 422 Å². The molecule has 0 spiro atoms. The van der Waals surface area contributed by atoms with Crippen molar-refractivity contribution in [1.29, 1.82) is 0 Å². The molecule has 0 bridgehead atoms. The highest BCUT2D eigenvalue weighted by Crippen LogP contribution is 2.13. The van der Waals surface area contributed by atoms with E-state index in [0.29, 0.717) is 90.4 Å².